The summed E-state index contributed by atoms with van der Waals surface area (Å²) in [5.41, 5.74) is 1.82. The van der Waals surface area contributed by atoms with Crippen LogP contribution in [0.3, 0.4) is 0 Å². The first-order chi connectivity index (χ1) is 8.24. The number of aromatic nitrogens is 2. The molecule has 1 amide bonds. The van der Waals surface area contributed by atoms with Crippen molar-refractivity contribution in [1.29, 1.82) is 0 Å². The van der Waals surface area contributed by atoms with Gasteiger partial charge in [0.05, 0.1) is 23.9 Å². The molecule has 0 aliphatic carbocycles. The Kier molecular flexibility index (Phi) is 3.10. The van der Waals surface area contributed by atoms with Crippen LogP contribution in [0.25, 0.3) is 11.0 Å². The van der Waals surface area contributed by atoms with E-state index in [0.717, 1.165) is 11.0 Å². The van der Waals surface area contributed by atoms with Crippen LogP contribution in [0, 0.1) is 12.3 Å². The predicted molar refractivity (Wildman–Crippen MR) is 66.3 cm³/mol. The second kappa shape index (κ2) is 4.71. The quantitative estimate of drug-likeness (QED) is 0.804. The molecule has 2 rings (SSSR count). The monoisotopic (exact) mass is 227 g/mol. The second-order valence-corrected chi connectivity index (χ2v) is 3.74. The third-order valence-corrected chi connectivity index (χ3v) is 2.64. The number of imidazole rings is 1. The van der Waals surface area contributed by atoms with Gasteiger partial charge in [0.25, 0.3) is 0 Å². The Bertz CT molecular complexity index is 580. The van der Waals surface area contributed by atoms with E-state index in [-0.39, 0.29) is 18.5 Å². The highest BCUT2D eigenvalue weighted by Gasteiger charge is 2.15. The largest absolute Gasteiger partial charge is 0.343 e. The van der Waals surface area contributed by atoms with Crippen LogP contribution in [0.4, 0.5) is 0 Å². The summed E-state index contributed by atoms with van der Waals surface area (Å²) in [5.74, 6) is 2.27. The molecule has 17 heavy (non-hydrogen) atoms. The van der Waals surface area contributed by atoms with Crippen molar-refractivity contribution in [2.45, 2.75) is 13.0 Å². The Hall–Kier alpha value is -2.28. The topological polar surface area (TPSA) is 46.9 Å². The number of terminal acetylenes is 1. The minimum Gasteiger partial charge on any atom is -0.343 e. The Balaban J connectivity index is 2.28. The molecular weight excluding hydrogens is 214 g/mol. The predicted octanol–water partition coefficient (Wildman–Crippen LogP) is 1.35. The number of fused-ring (bicyclic) bond motifs is 1. The van der Waals surface area contributed by atoms with E-state index >= 15 is 0 Å². The summed E-state index contributed by atoms with van der Waals surface area (Å²) in [7, 11) is 0. The molecule has 0 aliphatic rings. The number of rotatable bonds is 3. The van der Waals surface area contributed by atoms with Crippen LogP contribution >= 0.6 is 0 Å². The van der Waals surface area contributed by atoms with Crippen molar-refractivity contribution in [3.63, 3.8) is 0 Å². The summed E-state index contributed by atoms with van der Waals surface area (Å²) in [6.45, 7) is 2.07. The molecule has 4 heteroatoms. The van der Waals surface area contributed by atoms with E-state index in [1.165, 1.54) is 0 Å². The van der Waals surface area contributed by atoms with Gasteiger partial charge in [-0.25, -0.2) is 4.98 Å². The molecule has 0 radical (unpaired) electrons. The van der Waals surface area contributed by atoms with Gasteiger partial charge in [0.2, 0.25) is 5.91 Å². The number of benzene rings is 1. The maximum Gasteiger partial charge on any atom is 0.243 e. The molecule has 4 nitrogen and oxygen atoms in total. The molecule has 0 saturated heterocycles. The fourth-order valence-corrected chi connectivity index (χ4v) is 1.70. The van der Waals surface area contributed by atoms with Gasteiger partial charge in [0.15, 0.2) is 0 Å². The fraction of sp³-hybridized carbons (Fsp3) is 0.231. The zero-order valence-electron chi connectivity index (χ0n) is 9.55. The van der Waals surface area contributed by atoms with Gasteiger partial charge in [-0.15, -0.1) is 6.42 Å². The number of carbonyl (C=O) groups is 1. The second-order valence-electron chi connectivity index (χ2n) is 3.74. The fourth-order valence-electron chi connectivity index (χ4n) is 1.70. The molecule has 1 N–H and O–H groups in total. The van der Waals surface area contributed by atoms with Gasteiger partial charge in [0.1, 0.15) is 6.04 Å². The third-order valence-electron chi connectivity index (χ3n) is 2.64. The first kappa shape index (κ1) is 11.2. The maximum absolute atomic E-state index is 11.8. The molecule has 0 aliphatic heterocycles. The molecule has 1 heterocycles. The number of nitrogens with zero attached hydrogens (tertiary/aromatic N) is 2. The normalized spacial score (nSPS) is 12.0. The minimum atomic E-state index is -0.323. The van der Waals surface area contributed by atoms with E-state index < -0.39 is 0 Å². The summed E-state index contributed by atoms with van der Waals surface area (Å²) in [6, 6.07) is 7.37. The lowest BCUT2D eigenvalue weighted by Crippen LogP contribution is -2.30. The number of hydrogen-bond donors (Lipinski definition) is 1. The van der Waals surface area contributed by atoms with Crippen molar-refractivity contribution in [3.8, 4) is 12.3 Å². The molecule has 0 saturated carbocycles. The van der Waals surface area contributed by atoms with Crippen molar-refractivity contribution in [3.05, 3.63) is 30.6 Å². The Morgan fingerprint density at radius 2 is 2.35 bits per heavy atom. The van der Waals surface area contributed by atoms with Gasteiger partial charge >= 0.3 is 0 Å². The number of nitrogens with one attached hydrogen (secondary N) is 1. The van der Waals surface area contributed by atoms with E-state index in [0.29, 0.717) is 0 Å². The molecule has 86 valence electrons. The van der Waals surface area contributed by atoms with E-state index in [1.807, 2.05) is 35.8 Å². The summed E-state index contributed by atoms with van der Waals surface area (Å²) in [6.07, 6.45) is 6.77. The maximum atomic E-state index is 11.8. The number of amides is 1. The highest BCUT2D eigenvalue weighted by Crippen LogP contribution is 2.17. The summed E-state index contributed by atoms with van der Waals surface area (Å²) >= 11 is 0. The highest BCUT2D eigenvalue weighted by molar-refractivity contribution is 5.83. The molecule has 2 aromatic rings. The average molecular weight is 227 g/mol. The van der Waals surface area contributed by atoms with Crippen LogP contribution in [-0.4, -0.2) is 22.0 Å². The number of para-hydroxylation sites is 2. The first-order valence-electron chi connectivity index (χ1n) is 5.37. The van der Waals surface area contributed by atoms with Crippen LogP contribution in [0.1, 0.15) is 13.0 Å². The SMILES string of the molecule is C#CCNC(=O)C(C)n1cnc2ccccc21. The van der Waals surface area contributed by atoms with Crippen LogP contribution in [0.2, 0.25) is 0 Å². The minimum absolute atomic E-state index is 0.105. The molecule has 0 spiro atoms. The van der Waals surface area contributed by atoms with Crippen molar-refractivity contribution < 1.29 is 4.79 Å². The van der Waals surface area contributed by atoms with Gasteiger partial charge in [-0.2, -0.15) is 0 Å². The van der Waals surface area contributed by atoms with Gasteiger partial charge in [-0.3, -0.25) is 4.79 Å². The standard InChI is InChI=1S/C13H13N3O/c1-3-8-14-13(17)10(2)16-9-15-11-6-4-5-7-12(11)16/h1,4-7,9-10H,8H2,2H3,(H,14,17). The van der Waals surface area contributed by atoms with Crippen molar-refractivity contribution in [2.75, 3.05) is 6.54 Å². The molecule has 1 unspecified atom stereocenters. The Labute approximate surface area is 99.7 Å². The van der Waals surface area contributed by atoms with Crippen LogP contribution in [-0.2, 0) is 4.79 Å². The van der Waals surface area contributed by atoms with Crippen molar-refractivity contribution in [1.82, 2.24) is 14.9 Å². The van der Waals surface area contributed by atoms with Crippen LogP contribution in [0.5, 0.6) is 0 Å². The van der Waals surface area contributed by atoms with Gasteiger partial charge < -0.3 is 9.88 Å². The molecule has 1 aromatic carbocycles. The lowest BCUT2D eigenvalue weighted by Gasteiger charge is -2.13. The van der Waals surface area contributed by atoms with Crippen LogP contribution in [0.15, 0.2) is 30.6 Å². The molecule has 1 aromatic heterocycles. The number of hydrogen-bond acceptors (Lipinski definition) is 2. The number of carbonyl (C=O) groups excluding carboxylic acids is 1. The first-order valence-corrected chi connectivity index (χ1v) is 5.37. The van der Waals surface area contributed by atoms with Crippen LogP contribution < -0.4 is 5.32 Å². The molecule has 1 atom stereocenters. The summed E-state index contributed by atoms with van der Waals surface area (Å²) < 4.78 is 1.83. The van der Waals surface area contributed by atoms with Gasteiger partial charge in [-0.1, -0.05) is 18.1 Å². The van der Waals surface area contributed by atoms with Crippen molar-refractivity contribution >= 4 is 16.9 Å². The summed E-state index contributed by atoms with van der Waals surface area (Å²) in [5, 5.41) is 2.66. The zero-order chi connectivity index (χ0) is 12.3. The van der Waals surface area contributed by atoms with E-state index in [4.69, 9.17) is 6.42 Å². The smallest absolute Gasteiger partial charge is 0.243 e. The summed E-state index contributed by atoms with van der Waals surface area (Å²) in [4.78, 5) is 16.0. The van der Waals surface area contributed by atoms with E-state index in [9.17, 15) is 4.79 Å². The average Bonchev–Trinajstić information content (AvgIpc) is 2.78. The lowest BCUT2D eigenvalue weighted by atomic mass is 10.2. The highest BCUT2D eigenvalue weighted by atomic mass is 16.2. The molecule has 0 bridgehead atoms. The molecular formula is C13H13N3O. The van der Waals surface area contributed by atoms with Gasteiger partial charge in [-0.05, 0) is 19.1 Å². The van der Waals surface area contributed by atoms with Gasteiger partial charge in [0, 0.05) is 0 Å². The zero-order valence-corrected chi connectivity index (χ0v) is 9.55. The Morgan fingerprint density at radius 3 is 3.12 bits per heavy atom. The van der Waals surface area contributed by atoms with Crippen molar-refractivity contribution in [2.24, 2.45) is 0 Å². The lowest BCUT2D eigenvalue weighted by molar-refractivity contribution is -0.123. The van der Waals surface area contributed by atoms with E-state index in [1.54, 1.807) is 6.33 Å². The molecule has 0 fully saturated rings. The Morgan fingerprint density at radius 1 is 1.59 bits per heavy atom. The third kappa shape index (κ3) is 2.13. The van der Waals surface area contributed by atoms with E-state index in [2.05, 4.69) is 16.2 Å².